The van der Waals surface area contributed by atoms with Gasteiger partial charge in [0.15, 0.2) is 0 Å². The molecule has 3 aliphatic rings. The van der Waals surface area contributed by atoms with Gasteiger partial charge in [0.2, 0.25) is 0 Å². The van der Waals surface area contributed by atoms with Gasteiger partial charge in [0.1, 0.15) is 23.0 Å². The molecule has 1 fully saturated rings. The quantitative estimate of drug-likeness (QED) is 0.731. The van der Waals surface area contributed by atoms with Gasteiger partial charge >= 0.3 is 0 Å². The van der Waals surface area contributed by atoms with E-state index in [4.69, 9.17) is 9.47 Å². The first-order valence-corrected chi connectivity index (χ1v) is 9.17. The maximum absolute atomic E-state index is 9.75. The van der Waals surface area contributed by atoms with Crippen LogP contribution in [0.1, 0.15) is 48.9 Å². The topological polar surface area (TPSA) is 58.9 Å². The molecule has 0 amide bonds. The highest BCUT2D eigenvalue weighted by Gasteiger charge is 2.52. The average Bonchev–Trinajstić information content (AvgIpc) is 3.13. The van der Waals surface area contributed by atoms with Gasteiger partial charge < -0.3 is 19.7 Å². The van der Waals surface area contributed by atoms with Crippen LogP contribution in [0.4, 0.5) is 0 Å². The molecule has 1 spiro atoms. The van der Waals surface area contributed by atoms with Crippen LogP contribution in [0.3, 0.4) is 0 Å². The summed E-state index contributed by atoms with van der Waals surface area (Å²) < 4.78 is 11.2. The smallest absolute Gasteiger partial charge is 0.129 e. The summed E-state index contributed by atoms with van der Waals surface area (Å²) in [5.41, 5.74) is 4.37. The molecule has 4 nitrogen and oxygen atoms in total. The van der Waals surface area contributed by atoms with E-state index in [0.717, 1.165) is 53.2 Å². The Morgan fingerprint density at radius 3 is 1.81 bits per heavy atom. The third-order valence-electron chi connectivity index (χ3n) is 5.80. The molecule has 0 saturated heterocycles. The minimum Gasteiger partial charge on any atom is -0.508 e. The first-order chi connectivity index (χ1) is 12.3. The number of fused-ring (bicyclic) bond motifs is 3. The van der Waals surface area contributed by atoms with Crippen LogP contribution in [0.25, 0.3) is 0 Å². The fraction of sp³-hybridized carbons (Fsp3) is 0.455. The molecule has 0 bridgehead atoms. The van der Waals surface area contributed by atoms with Gasteiger partial charge in [0.05, 0.1) is 13.2 Å². The first-order valence-electron chi connectivity index (χ1n) is 9.17. The summed E-state index contributed by atoms with van der Waals surface area (Å²) in [6.45, 7) is 9.61. The monoisotopic (exact) mass is 354 g/mol. The molecule has 2 aromatic carbocycles. The normalized spacial score (nSPS) is 19.7. The Labute approximate surface area is 154 Å². The Hall–Kier alpha value is -2.36. The molecule has 0 unspecified atom stereocenters. The number of rotatable bonds is 0. The molecule has 4 heteroatoms. The Morgan fingerprint density at radius 1 is 0.769 bits per heavy atom. The number of aryl methyl sites for hydroxylation is 2. The molecule has 5 rings (SSSR count). The minimum atomic E-state index is -0.0641. The van der Waals surface area contributed by atoms with E-state index in [9.17, 15) is 10.2 Å². The largest absolute Gasteiger partial charge is 0.508 e. The summed E-state index contributed by atoms with van der Waals surface area (Å²) in [6.07, 6.45) is 2.33. The van der Waals surface area contributed by atoms with Gasteiger partial charge in [-0.05, 0) is 49.9 Å². The van der Waals surface area contributed by atoms with Gasteiger partial charge in [-0.25, -0.2) is 0 Å². The van der Waals surface area contributed by atoms with Gasteiger partial charge in [-0.1, -0.05) is 26.0 Å². The minimum absolute atomic E-state index is 0.0641. The molecule has 0 atom stereocenters. The first kappa shape index (κ1) is 17.1. The van der Waals surface area contributed by atoms with Crippen molar-refractivity contribution in [2.24, 2.45) is 0 Å². The predicted octanol–water partition coefficient (Wildman–Crippen LogP) is 4.50. The van der Waals surface area contributed by atoms with Crippen LogP contribution in [0.5, 0.6) is 23.0 Å². The fourth-order valence-electron chi connectivity index (χ4n) is 4.04. The number of hydrogen-bond acceptors (Lipinski definition) is 4. The molecule has 2 N–H and O–H groups in total. The third-order valence-corrected chi connectivity index (χ3v) is 5.80. The lowest BCUT2D eigenvalue weighted by molar-refractivity contribution is 0.289. The second-order valence-corrected chi connectivity index (χ2v) is 8.45. The van der Waals surface area contributed by atoms with Crippen LogP contribution in [0.15, 0.2) is 24.3 Å². The van der Waals surface area contributed by atoms with E-state index in [1.165, 1.54) is 0 Å². The zero-order valence-corrected chi connectivity index (χ0v) is 15.8. The van der Waals surface area contributed by atoms with Crippen LogP contribution in [-0.2, 0) is 10.8 Å². The number of benzene rings is 2. The van der Waals surface area contributed by atoms with E-state index in [-0.39, 0.29) is 10.8 Å². The van der Waals surface area contributed by atoms with Crippen LogP contribution in [0, 0.1) is 13.8 Å². The number of phenols is 2. The number of aromatic hydroxyl groups is 2. The van der Waals surface area contributed by atoms with Crippen molar-refractivity contribution in [1.29, 1.82) is 0 Å². The van der Waals surface area contributed by atoms with Crippen molar-refractivity contribution in [3.05, 3.63) is 46.5 Å². The Kier molecular flexibility index (Phi) is 3.66. The summed E-state index contributed by atoms with van der Waals surface area (Å²) >= 11 is 0. The van der Waals surface area contributed by atoms with E-state index in [0.29, 0.717) is 18.1 Å². The van der Waals surface area contributed by atoms with Crippen molar-refractivity contribution in [3.63, 3.8) is 0 Å². The van der Waals surface area contributed by atoms with Crippen LogP contribution in [0.2, 0.25) is 0 Å². The molecule has 1 aliphatic carbocycles. The van der Waals surface area contributed by atoms with E-state index < -0.39 is 0 Å². The summed E-state index contributed by atoms with van der Waals surface area (Å²) in [5, 5.41) is 19.5. The Balaban J connectivity index is 0.000000129. The van der Waals surface area contributed by atoms with E-state index in [1.807, 2.05) is 26.0 Å². The summed E-state index contributed by atoms with van der Waals surface area (Å²) in [4.78, 5) is 0. The predicted molar refractivity (Wildman–Crippen MR) is 101 cm³/mol. The van der Waals surface area contributed by atoms with Crippen LogP contribution < -0.4 is 9.47 Å². The lowest BCUT2D eigenvalue weighted by Crippen LogP contribution is -2.18. The van der Waals surface area contributed by atoms with E-state index in [2.05, 4.69) is 13.8 Å². The SMILES string of the molecule is Cc1ccc(O)c2c1OCC2(C)C.Cc1ccc(O)c2c1OCC21CC1. The molecular weight excluding hydrogens is 328 g/mol. The van der Waals surface area contributed by atoms with Crippen molar-refractivity contribution in [2.45, 2.75) is 51.4 Å². The lowest BCUT2D eigenvalue weighted by atomic mass is 9.85. The molecule has 138 valence electrons. The summed E-state index contributed by atoms with van der Waals surface area (Å²) in [6, 6.07) is 7.32. The summed E-state index contributed by atoms with van der Waals surface area (Å²) in [5.74, 6) is 2.56. The number of hydrogen-bond donors (Lipinski definition) is 2. The van der Waals surface area contributed by atoms with Crippen molar-refractivity contribution >= 4 is 0 Å². The molecule has 1 saturated carbocycles. The standard InChI is InChI=1S/C11H12O2.C11H14O2/c1-7-2-3-8(12)9-10(7)13-6-11(9)4-5-11;1-7-4-5-8(12)9-10(7)13-6-11(9,2)3/h2-3,12H,4-6H2,1H3;4-5,12H,6H2,1-3H3. The molecule has 2 aromatic rings. The Bertz CT molecular complexity index is 817. The van der Waals surface area contributed by atoms with Gasteiger partial charge in [0.25, 0.3) is 0 Å². The number of ether oxygens (including phenoxy) is 2. The van der Waals surface area contributed by atoms with Crippen LogP contribution in [-0.4, -0.2) is 23.4 Å². The summed E-state index contributed by atoms with van der Waals surface area (Å²) in [7, 11) is 0. The molecule has 2 aliphatic heterocycles. The second kappa shape index (κ2) is 5.57. The maximum Gasteiger partial charge on any atom is 0.129 e. The van der Waals surface area contributed by atoms with E-state index >= 15 is 0 Å². The maximum atomic E-state index is 9.75. The van der Waals surface area contributed by atoms with Crippen molar-refractivity contribution in [1.82, 2.24) is 0 Å². The zero-order valence-electron chi connectivity index (χ0n) is 15.8. The highest BCUT2D eigenvalue weighted by Crippen LogP contribution is 2.59. The van der Waals surface area contributed by atoms with Gasteiger partial charge in [-0.2, -0.15) is 0 Å². The van der Waals surface area contributed by atoms with Gasteiger partial charge in [0, 0.05) is 22.0 Å². The lowest BCUT2D eigenvalue weighted by Gasteiger charge is -2.16. The molecule has 2 heterocycles. The van der Waals surface area contributed by atoms with Crippen molar-refractivity contribution < 1.29 is 19.7 Å². The molecule has 0 aromatic heterocycles. The van der Waals surface area contributed by atoms with Crippen molar-refractivity contribution in [2.75, 3.05) is 13.2 Å². The number of phenolic OH excluding ortho intramolecular Hbond substituents is 2. The molecule has 26 heavy (non-hydrogen) atoms. The zero-order chi connectivity index (χ0) is 18.7. The highest BCUT2D eigenvalue weighted by atomic mass is 16.5. The highest BCUT2D eigenvalue weighted by molar-refractivity contribution is 5.58. The van der Waals surface area contributed by atoms with Crippen molar-refractivity contribution in [3.8, 4) is 23.0 Å². The van der Waals surface area contributed by atoms with Gasteiger partial charge in [-0.3, -0.25) is 0 Å². The average molecular weight is 354 g/mol. The molecular formula is C22H26O4. The molecule has 0 radical (unpaired) electrons. The van der Waals surface area contributed by atoms with E-state index in [1.54, 1.807) is 12.1 Å². The van der Waals surface area contributed by atoms with Crippen LogP contribution >= 0.6 is 0 Å². The Morgan fingerprint density at radius 2 is 1.27 bits per heavy atom. The second-order valence-electron chi connectivity index (χ2n) is 8.45. The fourth-order valence-corrected chi connectivity index (χ4v) is 4.04. The van der Waals surface area contributed by atoms with Gasteiger partial charge in [-0.15, -0.1) is 0 Å². The third kappa shape index (κ3) is 2.51.